The number of hydrogen-bond donors (Lipinski definition) is 1. The summed E-state index contributed by atoms with van der Waals surface area (Å²) < 4.78 is 5.05. The Bertz CT molecular complexity index is 646. The summed E-state index contributed by atoms with van der Waals surface area (Å²) in [5, 5.41) is 3.02. The maximum atomic E-state index is 11.9. The average Bonchev–Trinajstić information content (AvgIpc) is 2.48. The highest BCUT2D eigenvalue weighted by molar-refractivity contribution is 6.30. The zero-order chi connectivity index (χ0) is 15.2. The van der Waals surface area contributed by atoms with E-state index >= 15 is 0 Å². The van der Waals surface area contributed by atoms with Gasteiger partial charge in [-0.1, -0.05) is 29.8 Å². The van der Waals surface area contributed by atoms with Crippen LogP contribution in [0.2, 0.25) is 5.02 Å². The smallest absolute Gasteiger partial charge is 0.357 e. The molecule has 21 heavy (non-hydrogen) atoms. The first-order chi connectivity index (χ1) is 10.1. The van der Waals surface area contributed by atoms with Crippen molar-refractivity contribution in [2.75, 3.05) is 5.32 Å². The van der Waals surface area contributed by atoms with Gasteiger partial charge >= 0.3 is 5.97 Å². The van der Waals surface area contributed by atoms with Gasteiger partial charge < -0.3 is 10.1 Å². The molecule has 0 aliphatic heterocycles. The van der Waals surface area contributed by atoms with E-state index in [1.807, 2.05) is 6.07 Å². The number of nitrogens with zero attached hydrogens (tertiary/aromatic N) is 1. The number of benzene rings is 1. The van der Waals surface area contributed by atoms with Crippen molar-refractivity contribution in [3.63, 3.8) is 0 Å². The second-order valence-electron chi connectivity index (χ2n) is 4.26. The van der Waals surface area contributed by atoms with Crippen molar-refractivity contribution in [1.29, 1.82) is 0 Å². The molecule has 0 spiro atoms. The molecule has 0 saturated carbocycles. The van der Waals surface area contributed by atoms with E-state index in [1.54, 1.807) is 30.3 Å². The van der Waals surface area contributed by atoms with Gasteiger partial charge in [0.1, 0.15) is 5.69 Å². The van der Waals surface area contributed by atoms with Crippen LogP contribution in [0.5, 0.6) is 0 Å². The lowest BCUT2D eigenvalue weighted by molar-refractivity contribution is -0.123. The molecule has 2 rings (SSSR count). The number of para-hydroxylation sites is 1. The third kappa shape index (κ3) is 4.29. The van der Waals surface area contributed by atoms with Gasteiger partial charge in [-0.2, -0.15) is 0 Å². The van der Waals surface area contributed by atoms with E-state index in [0.717, 1.165) is 0 Å². The largest absolute Gasteiger partial charge is 0.448 e. The summed E-state index contributed by atoms with van der Waals surface area (Å²) in [5.74, 6) is -1.12. The Kier molecular flexibility index (Phi) is 4.90. The highest BCUT2D eigenvalue weighted by Crippen LogP contribution is 2.11. The summed E-state index contributed by atoms with van der Waals surface area (Å²) in [6.45, 7) is 1.49. The molecule has 1 N–H and O–H groups in total. The van der Waals surface area contributed by atoms with Crippen molar-refractivity contribution < 1.29 is 14.3 Å². The number of anilines is 1. The van der Waals surface area contributed by atoms with Gasteiger partial charge in [0.25, 0.3) is 5.91 Å². The normalized spacial score (nSPS) is 11.5. The van der Waals surface area contributed by atoms with Gasteiger partial charge in [0.05, 0.1) is 0 Å². The van der Waals surface area contributed by atoms with Crippen molar-refractivity contribution in [2.24, 2.45) is 0 Å². The fourth-order valence-electron chi connectivity index (χ4n) is 1.56. The Balaban J connectivity index is 1.96. The van der Waals surface area contributed by atoms with Crippen molar-refractivity contribution in [2.45, 2.75) is 13.0 Å². The van der Waals surface area contributed by atoms with Crippen LogP contribution >= 0.6 is 11.6 Å². The number of nitrogens with one attached hydrogen (secondary N) is 1. The van der Waals surface area contributed by atoms with Gasteiger partial charge in [-0.15, -0.1) is 0 Å². The van der Waals surface area contributed by atoms with Crippen molar-refractivity contribution in [3.05, 3.63) is 59.4 Å². The van der Waals surface area contributed by atoms with Crippen LogP contribution in [0, 0.1) is 0 Å². The van der Waals surface area contributed by atoms with Crippen LogP contribution in [0.3, 0.4) is 0 Å². The first kappa shape index (κ1) is 15.0. The molecule has 1 heterocycles. The molecule has 1 aromatic heterocycles. The molecule has 5 nitrogen and oxygen atoms in total. The molecule has 0 bridgehead atoms. The third-order valence-corrected chi connectivity index (χ3v) is 2.86. The zero-order valence-corrected chi connectivity index (χ0v) is 12.0. The summed E-state index contributed by atoms with van der Waals surface area (Å²) >= 11 is 5.77. The number of pyridine rings is 1. The minimum atomic E-state index is -0.946. The van der Waals surface area contributed by atoms with E-state index in [1.165, 1.54) is 19.2 Å². The van der Waals surface area contributed by atoms with Gasteiger partial charge in [-0.05, 0) is 31.2 Å². The number of carbonyl (C=O) groups is 2. The molecule has 0 unspecified atom stereocenters. The van der Waals surface area contributed by atoms with E-state index < -0.39 is 18.0 Å². The number of ether oxygens (including phenoxy) is 1. The van der Waals surface area contributed by atoms with E-state index in [0.29, 0.717) is 10.7 Å². The molecule has 0 aliphatic carbocycles. The van der Waals surface area contributed by atoms with Gasteiger partial charge in [0.15, 0.2) is 6.10 Å². The fourth-order valence-corrected chi connectivity index (χ4v) is 1.72. The third-order valence-electron chi connectivity index (χ3n) is 2.63. The highest BCUT2D eigenvalue weighted by atomic mass is 35.5. The molecule has 1 aromatic carbocycles. The first-order valence-electron chi connectivity index (χ1n) is 6.24. The topological polar surface area (TPSA) is 68.3 Å². The standard InChI is InChI=1S/C15H13ClN2O3/c1-10(14(19)18-12-5-3-2-4-6-12)21-15(20)13-9-11(16)7-8-17-13/h2-10H,1H3,(H,18,19)/t10-/m1/s1. The summed E-state index contributed by atoms with van der Waals surface area (Å²) in [5.41, 5.74) is 0.688. The van der Waals surface area contributed by atoms with Crippen LogP contribution < -0.4 is 5.32 Å². The number of hydrogen-bond acceptors (Lipinski definition) is 4. The minimum Gasteiger partial charge on any atom is -0.448 e. The molecule has 0 aliphatic rings. The number of aromatic nitrogens is 1. The lowest BCUT2D eigenvalue weighted by Crippen LogP contribution is -2.30. The SMILES string of the molecule is C[C@@H](OC(=O)c1cc(Cl)ccn1)C(=O)Nc1ccccc1. The van der Waals surface area contributed by atoms with E-state index in [2.05, 4.69) is 10.3 Å². The van der Waals surface area contributed by atoms with Gasteiger partial charge in [-0.3, -0.25) is 4.79 Å². The van der Waals surface area contributed by atoms with Crippen molar-refractivity contribution >= 4 is 29.2 Å². The van der Waals surface area contributed by atoms with Crippen LogP contribution in [-0.4, -0.2) is 23.0 Å². The first-order valence-corrected chi connectivity index (χ1v) is 6.62. The monoisotopic (exact) mass is 304 g/mol. The molecular formula is C15H13ClN2O3. The van der Waals surface area contributed by atoms with Crippen LogP contribution in [0.15, 0.2) is 48.7 Å². The molecule has 2 aromatic rings. The van der Waals surface area contributed by atoms with Gasteiger partial charge in [0, 0.05) is 16.9 Å². The molecular weight excluding hydrogens is 292 g/mol. The Morgan fingerprint density at radius 2 is 1.95 bits per heavy atom. The van der Waals surface area contributed by atoms with E-state index in [-0.39, 0.29) is 5.69 Å². The molecule has 0 fully saturated rings. The molecule has 1 amide bonds. The Hall–Kier alpha value is -2.40. The highest BCUT2D eigenvalue weighted by Gasteiger charge is 2.19. The molecule has 0 saturated heterocycles. The maximum Gasteiger partial charge on any atom is 0.357 e. The van der Waals surface area contributed by atoms with Gasteiger partial charge in [0.2, 0.25) is 0 Å². The van der Waals surface area contributed by atoms with Crippen LogP contribution in [0.1, 0.15) is 17.4 Å². The van der Waals surface area contributed by atoms with Crippen LogP contribution in [0.4, 0.5) is 5.69 Å². The fraction of sp³-hybridized carbons (Fsp3) is 0.133. The second-order valence-corrected chi connectivity index (χ2v) is 4.70. The molecule has 0 radical (unpaired) electrons. The Labute approximate surface area is 126 Å². The van der Waals surface area contributed by atoms with Crippen molar-refractivity contribution in [1.82, 2.24) is 4.98 Å². The minimum absolute atomic E-state index is 0.0573. The Morgan fingerprint density at radius 3 is 2.62 bits per heavy atom. The maximum absolute atomic E-state index is 11.9. The second kappa shape index (κ2) is 6.85. The quantitative estimate of drug-likeness (QED) is 0.882. The number of halogens is 1. The van der Waals surface area contributed by atoms with Crippen LogP contribution in [-0.2, 0) is 9.53 Å². The predicted molar refractivity (Wildman–Crippen MR) is 79.2 cm³/mol. The number of carbonyl (C=O) groups excluding carboxylic acids is 2. The van der Waals surface area contributed by atoms with Crippen LogP contribution in [0.25, 0.3) is 0 Å². The molecule has 108 valence electrons. The predicted octanol–water partition coefficient (Wildman–Crippen LogP) is 2.92. The summed E-state index contributed by atoms with van der Waals surface area (Å²) in [7, 11) is 0. The lowest BCUT2D eigenvalue weighted by atomic mass is 10.3. The number of rotatable bonds is 4. The average molecular weight is 305 g/mol. The Morgan fingerprint density at radius 1 is 1.24 bits per heavy atom. The van der Waals surface area contributed by atoms with Gasteiger partial charge in [-0.25, -0.2) is 9.78 Å². The molecule has 6 heteroatoms. The molecule has 1 atom stereocenters. The van der Waals surface area contributed by atoms with E-state index in [9.17, 15) is 9.59 Å². The number of amides is 1. The van der Waals surface area contributed by atoms with Crippen molar-refractivity contribution in [3.8, 4) is 0 Å². The van der Waals surface area contributed by atoms with E-state index in [4.69, 9.17) is 16.3 Å². The lowest BCUT2D eigenvalue weighted by Gasteiger charge is -2.13. The summed E-state index contributed by atoms with van der Waals surface area (Å²) in [6.07, 6.45) is 0.451. The summed E-state index contributed by atoms with van der Waals surface area (Å²) in [4.78, 5) is 27.6. The number of esters is 1. The zero-order valence-electron chi connectivity index (χ0n) is 11.2. The summed E-state index contributed by atoms with van der Waals surface area (Å²) in [6, 6.07) is 11.8.